The number of thiocarbonyl (C=S) groups is 1. The highest BCUT2D eigenvalue weighted by molar-refractivity contribution is 8.26. The molecular formula is C20H25NO3S2. The van der Waals surface area contributed by atoms with Gasteiger partial charge in [0.05, 0.1) is 11.5 Å². The van der Waals surface area contributed by atoms with E-state index in [1.165, 1.54) is 43.9 Å². The van der Waals surface area contributed by atoms with Gasteiger partial charge >= 0.3 is 0 Å². The van der Waals surface area contributed by atoms with Crippen LogP contribution in [0.15, 0.2) is 23.1 Å². The first-order valence-electron chi connectivity index (χ1n) is 9.30. The molecule has 2 aliphatic rings. The number of amides is 1. The topological polar surface area (TPSA) is 49.8 Å². The smallest absolute Gasteiger partial charge is 0.266 e. The minimum Gasteiger partial charge on any atom is -0.504 e. The van der Waals surface area contributed by atoms with Gasteiger partial charge in [-0.2, -0.15) is 0 Å². The summed E-state index contributed by atoms with van der Waals surface area (Å²) in [5, 5.41) is 10.3. The van der Waals surface area contributed by atoms with Gasteiger partial charge in [-0.05, 0) is 31.4 Å². The van der Waals surface area contributed by atoms with E-state index in [0.29, 0.717) is 39.6 Å². The molecule has 1 N–H and O–H groups in total. The van der Waals surface area contributed by atoms with Gasteiger partial charge in [-0.25, -0.2) is 0 Å². The van der Waals surface area contributed by atoms with Crippen molar-refractivity contribution < 1.29 is 14.6 Å². The van der Waals surface area contributed by atoms with Crippen molar-refractivity contribution in [3.8, 4) is 11.5 Å². The second kappa shape index (κ2) is 8.91. The predicted molar refractivity (Wildman–Crippen MR) is 110 cm³/mol. The van der Waals surface area contributed by atoms with Crippen molar-refractivity contribution in [3.05, 3.63) is 28.7 Å². The van der Waals surface area contributed by atoms with Crippen LogP contribution >= 0.6 is 24.0 Å². The largest absolute Gasteiger partial charge is 0.504 e. The number of para-hydroxylation sites is 1. The van der Waals surface area contributed by atoms with Gasteiger partial charge in [0.25, 0.3) is 5.91 Å². The zero-order chi connectivity index (χ0) is 18.5. The Bertz CT molecular complexity index is 711. The Kier molecular flexibility index (Phi) is 6.59. The molecule has 1 aliphatic carbocycles. The van der Waals surface area contributed by atoms with E-state index in [9.17, 15) is 9.90 Å². The van der Waals surface area contributed by atoms with E-state index < -0.39 is 0 Å². The summed E-state index contributed by atoms with van der Waals surface area (Å²) in [6, 6.07) is 5.29. The molecule has 0 bridgehead atoms. The summed E-state index contributed by atoms with van der Waals surface area (Å²) in [7, 11) is 0. The molecule has 1 aliphatic heterocycles. The van der Waals surface area contributed by atoms with Crippen LogP contribution in [0.2, 0.25) is 0 Å². The number of carbonyl (C=O) groups is 1. The van der Waals surface area contributed by atoms with Crippen molar-refractivity contribution in [1.29, 1.82) is 0 Å². The van der Waals surface area contributed by atoms with Crippen LogP contribution in [-0.4, -0.2) is 33.4 Å². The first kappa shape index (κ1) is 19.2. The summed E-state index contributed by atoms with van der Waals surface area (Å²) in [5.74, 6) is 1.14. The lowest BCUT2D eigenvalue weighted by molar-refractivity contribution is -0.122. The molecule has 4 nitrogen and oxygen atoms in total. The SMILES string of the molecule is CCOc1cccc(C=C2SC(=S)N(CCC3CCCCC3)C2=O)c1O. The number of benzene rings is 1. The summed E-state index contributed by atoms with van der Waals surface area (Å²) in [6.45, 7) is 3.03. The van der Waals surface area contributed by atoms with Gasteiger partial charge < -0.3 is 9.84 Å². The van der Waals surface area contributed by atoms with Gasteiger partial charge in [0.1, 0.15) is 4.32 Å². The number of hydrogen-bond donors (Lipinski definition) is 1. The van der Waals surface area contributed by atoms with E-state index >= 15 is 0 Å². The predicted octanol–water partition coefficient (Wildman–Crippen LogP) is 4.96. The molecule has 0 unspecified atom stereocenters. The van der Waals surface area contributed by atoms with Gasteiger partial charge in [-0.3, -0.25) is 9.69 Å². The summed E-state index contributed by atoms with van der Waals surface area (Å²) >= 11 is 6.73. The molecule has 1 saturated carbocycles. The number of phenolic OH excluding ortho intramolecular Hbond substituents is 1. The Hall–Kier alpha value is -1.53. The van der Waals surface area contributed by atoms with E-state index in [-0.39, 0.29) is 11.7 Å². The first-order chi connectivity index (χ1) is 12.6. The van der Waals surface area contributed by atoms with E-state index in [4.69, 9.17) is 17.0 Å². The Morgan fingerprint density at radius 3 is 2.85 bits per heavy atom. The van der Waals surface area contributed by atoms with Crippen LogP contribution in [0.5, 0.6) is 11.5 Å². The maximum Gasteiger partial charge on any atom is 0.266 e. The number of hydrogen-bond acceptors (Lipinski definition) is 5. The Balaban J connectivity index is 1.70. The summed E-state index contributed by atoms with van der Waals surface area (Å²) in [4.78, 5) is 15.0. The molecule has 0 spiro atoms. The van der Waals surface area contributed by atoms with E-state index in [2.05, 4.69) is 0 Å². The van der Waals surface area contributed by atoms with Crippen molar-refractivity contribution in [2.75, 3.05) is 13.2 Å². The fraction of sp³-hybridized carbons (Fsp3) is 0.500. The van der Waals surface area contributed by atoms with Crippen LogP contribution in [0, 0.1) is 5.92 Å². The highest BCUT2D eigenvalue weighted by Crippen LogP contribution is 2.37. The number of thioether (sulfide) groups is 1. The summed E-state index contributed by atoms with van der Waals surface area (Å²) in [5.41, 5.74) is 0.573. The zero-order valence-corrected chi connectivity index (χ0v) is 16.7. The van der Waals surface area contributed by atoms with Crippen molar-refractivity contribution in [3.63, 3.8) is 0 Å². The van der Waals surface area contributed by atoms with E-state index in [1.54, 1.807) is 29.2 Å². The molecule has 3 rings (SSSR count). The maximum atomic E-state index is 12.8. The van der Waals surface area contributed by atoms with Crippen molar-refractivity contribution in [2.45, 2.75) is 45.4 Å². The third-order valence-corrected chi connectivity index (χ3v) is 6.35. The van der Waals surface area contributed by atoms with Crippen LogP contribution in [-0.2, 0) is 4.79 Å². The van der Waals surface area contributed by atoms with Crippen LogP contribution < -0.4 is 4.74 Å². The lowest BCUT2D eigenvalue weighted by Gasteiger charge is -2.23. The fourth-order valence-corrected chi connectivity index (χ4v) is 4.85. The molecule has 1 saturated heterocycles. The molecule has 1 aromatic carbocycles. The van der Waals surface area contributed by atoms with Crippen LogP contribution in [0.25, 0.3) is 6.08 Å². The summed E-state index contributed by atoms with van der Waals surface area (Å²) in [6.07, 6.45) is 9.20. The molecule has 1 heterocycles. The maximum absolute atomic E-state index is 12.8. The number of nitrogens with zero attached hydrogens (tertiary/aromatic N) is 1. The molecule has 6 heteroatoms. The third-order valence-electron chi connectivity index (χ3n) is 4.98. The fourth-order valence-electron chi connectivity index (χ4n) is 3.55. The van der Waals surface area contributed by atoms with Crippen LogP contribution in [0.1, 0.15) is 51.0 Å². The van der Waals surface area contributed by atoms with Gasteiger partial charge in [0.2, 0.25) is 0 Å². The Morgan fingerprint density at radius 1 is 1.35 bits per heavy atom. The third kappa shape index (κ3) is 4.41. The van der Waals surface area contributed by atoms with E-state index in [1.807, 2.05) is 6.92 Å². The highest BCUT2D eigenvalue weighted by atomic mass is 32.2. The first-order valence-corrected chi connectivity index (χ1v) is 10.5. The molecule has 140 valence electrons. The Morgan fingerprint density at radius 2 is 2.12 bits per heavy atom. The molecule has 26 heavy (non-hydrogen) atoms. The number of aromatic hydroxyl groups is 1. The molecule has 0 aromatic heterocycles. The zero-order valence-electron chi connectivity index (χ0n) is 15.1. The van der Waals surface area contributed by atoms with E-state index in [0.717, 1.165) is 6.42 Å². The standard InChI is InChI=1S/C20H25NO3S2/c1-2-24-16-10-6-9-15(18(16)22)13-17-19(23)21(20(25)26-17)12-11-14-7-4-3-5-8-14/h6,9-10,13-14,22H,2-5,7-8,11-12H2,1H3. The molecular weight excluding hydrogens is 366 g/mol. The number of phenols is 1. The minimum atomic E-state index is -0.0583. The van der Waals surface area contributed by atoms with Crippen molar-refractivity contribution in [1.82, 2.24) is 4.90 Å². The number of ether oxygens (including phenoxy) is 1. The van der Waals surface area contributed by atoms with Gasteiger partial charge in [0, 0.05) is 12.1 Å². The number of rotatable bonds is 6. The monoisotopic (exact) mass is 391 g/mol. The normalized spacial score (nSPS) is 20.2. The summed E-state index contributed by atoms with van der Waals surface area (Å²) < 4.78 is 6.02. The van der Waals surface area contributed by atoms with Gasteiger partial charge in [-0.15, -0.1) is 0 Å². The van der Waals surface area contributed by atoms with Crippen LogP contribution in [0.4, 0.5) is 0 Å². The quantitative estimate of drug-likeness (QED) is 0.548. The second-order valence-electron chi connectivity index (χ2n) is 6.75. The minimum absolute atomic E-state index is 0.0572. The average molecular weight is 392 g/mol. The number of carbonyl (C=O) groups excluding carboxylic acids is 1. The average Bonchev–Trinajstić information content (AvgIpc) is 2.91. The van der Waals surface area contributed by atoms with Crippen LogP contribution in [0.3, 0.4) is 0 Å². The molecule has 1 aromatic rings. The van der Waals surface area contributed by atoms with Crippen molar-refractivity contribution >= 4 is 40.3 Å². The second-order valence-corrected chi connectivity index (χ2v) is 8.43. The van der Waals surface area contributed by atoms with Gasteiger partial charge in [0.15, 0.2) is 11.5 Å². The molecule has 1 amide bonds. The lowest BCUT2D eigenvalue weighted by atomic mass is 9.87. The highest BCUT2D eigenvalue weighted by Gasteiger charge is 2.32. The molecule has 0 atom stereocenters. The molecule has 0 radical (unpaired) electrons. The van der Waals surface area contributed by atoms with Gasteiger partial charge in [-0.1, -0.05) is 68.2 Å². The molecule has 2 fully saturated rings. The Labute approximate surface area is 164 Å². The lowest BCUT2D eigenvalue weighted by Crippen LogP contribution is -2.30. The van der Waals surface area contributed by atoms with Crippen molar-refractivity contribution in [2.24, 2.45) is 5.92 Å².